The second-order valence-electron chi connectivity index (χ2n) is 8.06. The van der Waals surface area contributed by atoms with Crippen LogP contribution in [0.4, 0.5) is 0 Å². The van der Waals surface area contributed by atoms with E-state index in [4.69, 9.17) is 0 Å². The van der Waals surface area contributed by atoms with Crippen molar-refractivity contribution in [3.8, 4) is 0 Å². The van der Waals surface area contributed by atoms with Crippen LogP contribution in [0.25, 0.3) is 0 Å². The molecule has 1 spiro atoms. The number of hydrogen-bond acceptors (Lipinski definition) is 5. The molecule has 0 saturated carbocycles. The monoisotopic (exact) mass is 359 g/mol. The summed E-state index contributed by atoms with van der Waals surface area (Å²) in [5.41, 5.74) is 1.71. The maximum atomic E-state index is 12.5. The van der Waals surface area contributed by atoms with E-state index >= 15 is 0 Å². The van der Waals surface area contributed by atoms with Crippen molar-refractivity contribution in [2.24, 2.45) is 5.41 Å². The first kappa shape index (κ1) is 18.8. The lowest BCUT2D eigenvalue weighted by molar-refractivity contribution is -0.144. The van der Waals surface area contributed by atoms with E-state index in [1.54, 1.807) is 12.4 Å². The number of likely N-dealkylation sites (N-methyl/N-ethyl adjacent to an activating group) is 1. The lowest BCUT2D eigenvalue weighted by Gasteiger charge is -2.48. The van der Waals surface area contributed by atoms with Crippen LogP contribution >= 0.6 is 0 Å². The van der Waals surface area contributed by atoms with E-state index in [2.05, 4.69) is 9.97 Å². The van der Waals surface area contributed by atoms with Crippen molar-refractivity contribution in [3.63, 3.8) is 0 Å². The minimum absolute atomic E-state index is 0.0201. The van der Waals surface area contributed by atoms with Crippen LogP contribution in [0.5, 0.6) is 0 Å². The summed E-state index contributed by atoms with van der Waals surface area (Å²) in [5, 5.41) is 0. The van der Waals surface area contributed by atoms with Gasteiger partial charge in [-0.1, -0.05) is 0 Å². The Morgan fingerprint density at radius 2 is 2.04 bits per heavy atom. The number of aryl methyl sites for hydroxylation is 1. The number of aromatic nitrogens is 2. The fourth-order valence-corrected chi connectivity index (χ4v) is 4.07. The molecule has 7 heteroatoms. The maximum absolute atomic E-state index is 12.5. The molecule has 7 nitrogen and oxygen atoms in total. The number of likely N-dealkylation sites (tertiary alicyclic amines) is 2. The van der Waals surface area contributed by atoms with Crippen LogP contribution < -0.4 is 0 Å². The average molecular weight is 359 g/mol. The van der Waals surface area contributed by atoms with E-state index < -0.39 is 0 Å². The lowest BCUT2D eigenvalue weighted by Crippen LogP contribution is -2.55. The number of piperidine rings is 2. The zero-order valence-corrected chi connectivity index (χ0v) is 16.1. The van der Waals surface area contributed by atoms with Crippen LogP contribution in [0.1, 0.15) is 37.1 Å². The van der Waals surface area contributed by atoms with E-state index in [-0.39, 0.29) is 17.2 Å². The zero-order chi connectivity index (χ0) is 18.7. The molecule has 0 aromatic carbocycles. The number of rotatable bonds is 4. The molecule has 2 saturated heterocycles. The minimum atomic E-state index is 0.0201. The molecular formula is C19H29N5O2. The number of hydrogen-bond donors (Lipinski definition) is 0. The second-order valence-corrected chi connectivity index (χ2v) is 8.06. The summed E-state index contributed by atoms with van der Waals surface area (Å²) in [7, 11) is 3.84. The lowest BCUT2D eigenvalue weighted by atomic mass is 9.73. The number of nitrogens with zero attached hydrogens (tertiary/aromatic N) is 5. The SMILES string of the molecule is Cc1cnc(CN2C[C@@]3(CCCN(C(=O)CN(C)C)C3)CCC2=O)cn1. The Hall–Kier alpha value is -2.02. The molecule has 1 atom stereocenters. The van der Waals surface area contributed by atoms with Gasteiger partial charge in [-0.05, 0) is 40.3 Å². The highest BCUT2D eigenvalue weighted by molar-refractivity contribution is 5.79. The van der Waals surface area contributed by atoms with E-state index in [9.17, 15) is 9.59 Å². The van der Waals surface area contributed by atoms with Crippen LogP contribution in [0.15, 0.2) is 12.4 Å². The third-order valence-electron chi connectivity index (χ3n) is 5.40. The number of carbonyl (C=O) groups is 2. The van der Waals surface area contributed by atoms with Crippen molar-refractivity contribution < 1.29 is 9.59 Å². The number of amides is 2. The van der Waals surface area contributed by atoms with Crippen molar-refractivity contribution in [2.45, 2.75) is 39.2 Å². The van der Waals surface area contributed by atoms with Crippen LogP contribution in [0.2, 0.25) is 0 Å². The molecule has 0 aliphatic carbocycles. The van der Waals surface area contributed by atoms with Crippen LogP contribution in [0, 0.1) is 12.3 Å². The summed E-state index contributed by atoms with van der Waals surface area (Å²) >= 11 is 0. The van der Waals surface area contributed by atoms with Crippen LogP contribution in [0.3, 0.4) is 0 Å². The van der Waals surface area contributed by atoms with Gasteiger partial charge in [-0.2, -0.15) is 0 Å². The van der Waals surface area contributed by atoms with Crippen molar-refractivity contribution in [2.75, 3.05) is 40.3 Å². The normalized spacial score (nSPS) is 23.8. The zero-order valence-electron chi connectivity index (χ0n) is 16.1. The third kappa shape index (κ3) is 4.38. The smallest absolute Gasteiger partial charge is 0.236 e. The molecule has 1 aromatic heterocycles. The molecule has 2 aliphatic heterocycles. The van der Waals surface area contributed by atoms with Gasteiger partial charge in [-0.3, -0.25) is 19.6 Å². The minimum Gasteiger partial charge on any atom is -0.341 e. The summed E-state index contributed by atoms with van der Waals surface area (Å²) in [6.07, 6.45) is 6.98. The van der Waals surface area contributed by atoms with Gasteiger partial charge >= 0.3 is 0 Å². The van der Waals surface area contributed by atoms with Gasteiger partial charge in [-0.25, -0.2) is 0 Å². The highest BCUT2D eigenvalue weighted by atomic mass is 16.2. The van der Waals surface area contributed by atoms with Gasteiger partial charge in [-0.15, -0.1) is 0 Å². The Kier molecular flexibility index (Phi) is 5.55. The Morgan fingerprint density at radius 3 is 2.73 bits per heavy atom. The summed E-state index contributed by atoms with van der Waals surface area (Å²) in [5.74, 6) is 0.358. The molecule has 3 rings (SSSR count). The highest BCUT2D eigenvalue weighted by Crippen LogP contribution is 2.39. The average Bonchev–Trinajstić information content (AvgIpc) is 2.60. The third-order valence-corrected chi connectivity index (χ3v) is 5.40. The molecule has 1 aromatic rings. The van der Waals surface area contributed by atoms with Gasteiger partial charge in [0, 0.05) is 37.7 Å². The first-order valence-corrected chi connectivity index (χ1v) is 9.35. The first-order chi connectivity index (χ1) is 12.4. The molecular weight excluding hydrogens is 330 g/mol. The van der Waals surface area contributed by atoms with Crippen LogP contribution in [-0.2, 0) is 16.1 Å². The molecule has 0 radical (unpaired) electrons. The molecule has 0 unspecified atom stereocenters. The van der Waals surface area contributed by atoms with Gasteiger partial charge in [0.05, 0.1) is 30.7 Å². The predicted octanol–water partition coefficient (Wildman–Crippen LogP) is 1.08. The van der Waals surface area contributed by atoms with Gasteiger partial charge in [0.1, 0.15) is 0 Å². The molecule has 0 N–H and O–H groups in total. The highest BCUT2D eigenvalue weighted by Gasteiger charge is 2.42. The Bertz CT molecular complexity index is 660. The molecule has 2 fully saturated rings. The molecule has 3 heterocycles. The van der Waals surface area contributed by atoms with Crippen molar-refractivity contribution in [1.82, 2.24) is 24.7 Å². The summed E-state index contributed by atoms with van der Waals surface area (Å²) in [4.78, 5) is 39.4. The number of carbonyl (C=O) groups excluding carboxylic acids is 2. The summed E-state index contributed by atoms with van der Waals surface area (Å²) in [6.45, 7) is 5.12. The summed E-state index contributed by atoms with van der Waals surface area (Å²) in [6, 6.07) is 0. The fraction of sp³-hybridized carbons (Fsp3) is 0.684. The predicted molar refractivity (Wildman–Crippen MR) is 98.2 cm³/mol. The molecule has 0 bridgehead atoms. The Labute approximate surface area is 155 Å². The second kappa shape index (κ2) is 7.70. The molecule has 2 amide bonds. The van der Waals surface area contributed by atoms with Gasteiger partial charge in [0.2, 0.25) is 11.8 Å². The van der Waals surface area contributed by atoms with Crippen molar-refractivity contribution >= 4 is 11.8 Å². The van der Waals surface area contributed by atoms with E-state index in [0.717, 1.165) is 43.7 Å². The Morgan fingerprint density at radius 1 is 1.23 bits per heavy atom. The molecule has 26 heavy (non-hydrogen) atoms. The van der Waals surface area contributed by atoms with Crippen molar-refractivity contribution in [1.29, 1.82) is 0 Å². The largest absolute Gasteiger partial charge is 0.341 e. The van der Waals surface area contributed by atoms with Gasteiger partial charge < -0.3 is 14.7 Å². The Balaban J connectivity index is 1.68. The van der Waals surface area contributed by atoms with Crippen molar-refractivity contribution in [3.05, 3.63) is 23.8 Å². The fourth-order valence-electron chi connectivity index (χ4n) is 4.07. The van der Waals surface area contributed by atoms with Gasteiger partial charge in [0.25, 0.3) is 0 Å². The standard InChI is InChI=1S/C19H29N5O2/c1-15-9-21-16(10-20-15)11-24-14-19(7-5-17(24)25)6-4-8-23(13-19)18(26)12-22(2)3/h9-10H,4-8,11-14H2,1-3H3/t19-/m0/s1. The topological polar surface area (TPSA) is 69.6 Å². The summed E-state index contributed by atoms with van der Waals surface area (Å²) < 4.78 is 0. The molecule has 2 aliphatic rings. The quantitative estimate of drug-likeness (QED) is 0.805. The maximum Gasteiger partial charge on any atom is 0.236 e. The van der Waals surface area contributed by atoms with E-state index in [1.165, 1.54) is 0 Å². The van der Waals surface area contributed by atoms with Crippen LogP contribution in [-0.4, -0.2) is 76.8 Å². The van der Waals surface area contributed by atoms with E-state index in [0.29, 0.717) is 26.1 Å². The van der Waals surface area contributed by atoms with Gasteiger partial charge in [0.15, 0.2) is 0 Å². The molecule has 142 valence electrons. The van der Waals surface area contributed by atoms with E-state index in [1.807, 2.05) is 35.7 Å². The first-order valence-electron chi connectivity index (χ1n) is 9.35.